The van der Waals surface area contributed by atoms with E-state index >= 15 is 0 Å². The van der Waals surface area contributed by atoms with E-state index in [0.717, 1.165) is 11.8 Å². The fourth-order valence-corrected chi connectivity index (χ4v) is 1.97. The monoisotopic (exact) mass is 246 g/mol. The first-order valence-electron chi connectivity index (χ1n) is 5.49. The number of ether oxygens (including phenoxy) is 1. The minimum absolute atomic E-state index is 0.334. The Balaban J connectivity index is 2.51. The van der Waals surface area contributed by atoms with Crippen molar-refractivity contribution < 1.29 is 19.7 Å². The van der Waals surface area contributed by atoms with Crippen LogP contribution in [0.15, 0.2) is 12.2 Å². The lowest BCUT2D eigenvalue weighted by Gasteiger charge is -2.21. The standard InChI is InChI=1S/C11H18O4S/c1-2-16-11(14)15-10-6-5-8(12)3-4-9(13)7-10/h5-6,8-10,12-13H,2-4,7H2,1H3/b6-5+. The largest absolute Gasteiger partial charge is 0.450 e. The maximum absolute atomic E-state index is 11.3. The summed E-state index contributed by atoms with van der Waals surface area (Å²) in [5.41, 5.74) is 0. The van der Waals surface area contributed by atoms with Crippen LogP contribution in [-0.4, -0.2) is 39.6 Å². The third-order valence-electron chi connectivity index (χ3n) is 2.36. The molecule has 0 heterocycles. The number of hydrogen-bond donors (Lipinski definition) is 2. The Morgan fingerprint density at radius 3 is 2.88 bits per heavy atom. The van der Waals surface area contributed by atoms with E-state index in [4.69, 9.17) is 4.74 Å². The normalized spacial score (nSPS) is 32.6. The summed E-state index contributed by atoms with van der Waals surface area (Å²) in [6.45, 7) is 1.87. The SMILES string of the molecule is CCSC(=O)OC1/C=C/C(O)CCC(O)C1. The van der Waals surface area contributed by atoms with Gasteiger partial charge in [0.1, 0.15) is 6.10 Å². The number of aliphatic hydroxyl groups excluding tert-OH is 2. The summed E-state index contributed by atoms with van der Waals surface area (Å²) in [4.78, 5) is 11.3. The number of thioether (sulfide) groups is 1. The number of rotatable bonds is 2. The summed E-state index contributed by atoms with van der Waals surface area (Å²) in [6, 6.07) is 0. The van der Waals surface area contributed by atoms with Crippen LogP contribution in [0.1, 0.15) is 26.2 Å². The molecule has 0 aromatic carbocycles. The van der Waals surface area contributed by atoms with Crippen molar-refractivity contribution in [2.75, 3.05) is 5.75 Å². The van der Waals surface area contributed by atoms with Gasteiger partial charge in [-0.25, -0.2) is 4.79 Å². The maximum atomic E-state index is 11.3. The number of hydrogen-bond acceptors (Lipinski definition) is 5. The van der Waals surface area contributed by atoms with E-state index in [9.17, 15) is 15.0 Å². The van der Waals surface area contributed by atoms with Crippen molar-refractivity contribution in [2.24, 2.45) is 0 Å². The molecule has 0 bridgehead atoms. The molecule has 0 spiro atoms. The molecule has 3 atom stereocenters. The Morgan fingerprint density at radius 2 is 2.19 bits per heavy atom. The van der Waals surface area contributed by atoms with Crippen LogP contribution in [0, 0.1) is 0 Å². The fraction of sp³-hybridized carbons (Fsp3) is 0.727. The van der Waals surface area contributed by atoms with Gasteiger partial charge in [0.05, 0.1) is 12.2 Å². The van der Waals surface area contributed by atoms with Gasteiger partial charge in [0.2, 0.25) is 0 Å². The van der Waals surface area contributed by atoms with Gasteiger partial charge in [-0.05, 0) is 30.7 Å². The van der Waals surface area contributed by atoms with Gasteiger partial charge >= 0.3 is 5.30 Å². The van der Waals surface area contributed by atoms with Crippen molar-refractivity contribution in [3.63, 3.8) is 0 Å². The Hall–Kier alpha value is -0.520. The van der Waals surface area contributed by atoms with E-state index in [1.165, 1.54) is 0 Å². The highest BCUT2D eigenvalue weighted by molar-refractivity contribution is 8.13. The molecule has 1 aliphatic rings. The van der Waals surface area contributed by atoms with Crippen molar-refractivity contribution in [1.29, 1.82) is 0 Å². The van der Waals surface area contributed by atoms with Crippen LogP contribution < -0.4 is 0 Å². The van der Waals surface area contributed by atoms with Gasteiger partial charge in [0, 0.05) is 12.2 Å². The van der Waals surface area contributed by atoms with Gasteiger partial charge in [-0.3, -0.25) is 0 Å². The predicted molar refractivity (Wildman–Crippen MR) is 63.4 cm³/mol. The van der Waals surface area contributed by atoms with E-state index in [1.807, 2.05) is 6.92 Å². The number of aliphatic hydroxyl groups is 2. The molecule has 2 N–H and O–H groups in total. The molecule has 0 saturated carbocycles. The molecule has 3 unspecified atom stereocenters. The van der Waals surface area contributed by atoms with Crippen molar-refractivity contribution in [1.82, 2.24) is 0 Å². The summed E-state index contributed by atoms with van der Waals surface area (Å²) in [5.74, 6) is 0.667. The van der Waals surface area contributed by atoms with E-state index in [1.54, 1.807) is 12.2 Å². The Bertz CT molecular complexity index is 254. The van der Waals surface area contributed by atoms with Gasteiger partial charge in [0.15, 0.2) is 0 Å². The van der Waals surface area contributed by atoms with Crippen LogP contribution in [-0.2, 0) is 4.74 Å². The molecule has 1 aliphatic carbocycles. The van der Waals surface area contributed by atoms with Gasteiger partial charge in [0.25, 0.3) is 0 Å². The van der Waals surface area contributed by atoms with Crippen LogP contribution >= 0.6 is 11.8 Å². The second kappa shape index (κ2) is 6.93. The first kappa shape index (κ1) is 13.5. The van der Waals surface area contributed by atoms with Crippen LogP contribution in [0.2, 0.25) is 0 Å². The van der Waals surface area contributed by atoms with E-state index in [0.29, 0.717) is 25.0 Å². The molecule has 0 saturated heterocycles. The summed E-state index contributed by atoms with van der Waals surface area (Å²) >= 11 is 1.10. The van der Waals surface area contributed by atoms with Crippen LogP contribution in [0.25, 0.3) is 0 Å². The average molecular weight is 246 g/mol. The van der Waals surface area contributed by atoms with Crippen LogP contribution in [0.5, 0.6) is 0 Å². The molecule has 0 aromatic heterocycles. The van der Waals surface area contributed by atoms with Gasteiger partial charge in [-0.1, -0.05) is 13.0 Å². The third-order valence-corrected chi connectivity index (χ3v) is 2.98. The average Bonchev–Trinajstić information content (AvgIpc) is 2.21. The Labute approximate surface area is 99.7 Å². The summed E-state index contributed by atoms with van der Waals surface area (Å²) < 4.78 is 5.15. The topological polar surface area (TPSA) is 66.8 Å². The zero-order valence-electron chi connectivity index (χ0n) is 9.33. The fourth-order valence-electron chi connectivity index (χ4n) is 1.54. The minimum atomic E-state index is -0.560. The number of carbonyl (C=O) groups excluding carboxylic acids is 1. The Kier molecular flexibility index (Phi) is 5.87. The van der Waals surface area contributed by atoms with Crippen molar-refractivity contribution in [3.05, 3.63) is 12.2 Å². The van der Waals surface area contributed by atoms with Crippen LogP contribution in [0.3, 0.4) is 0 Å². The second-order valence-electron chi connectivity index (χ2n) is 3.76. The molecule has 0 amide bonds. The third kappa shape index (κ3) is 5.01. The highest BCUT2D eigenvalue weighted by Crippen LogP contribution is 2.17. The maximum Gasteiger partial charge on any atom is 0.367 e. The first-order valence-corrected chi connectivity index (χ1v) is 6.48. The molecule has 5 heteroatoms. The van der Waals surface area contributed by atoms with E-state index < -0.39 is 18.3 Å². The highest BCUT2D eigenvalue weighted by atomic mass is 32.2. The lowest BCUT2D eigenvalue weighted by molar-refractivity contribution is 0.0698. The predicted octanol–water partition coefficient (Wildman–Crippen LogP) is 1.71. The molecule has 0 radical (unpaired) electrons. The summed E-state index contributed by atoms with van der Waals surface area (Å²) in [7, 11) is 0. The van der Waals surface area contributed by atoms with Gasteiger partial charge in [-0.2, -0.15) is 0 Å². The number of carbonyl (C=O) groups is 1. The second-order valence-corrected chi connectivity index (χ2v) is 4.96. The van der Waals surface area contributed by atoms with Crippen molar-refractivity contribution in [2.45, 2.75) is 44.5 Å². The molecular weight excluding hydrogens is 228 g/mol. The molecule has 0 fully saturated rings. The lowest BCUT2D eigenvalue weighted by atomic mass is 10.00. The molecule has 92 valence electrons. The molecule has 0 aliphatic heterocycles. The molecule has 16 heavy (non-hydrogen) atoms. The molecule has 0 aromatic rings. The van der Waals surface area contributed by atoms with Gasteiger partial charge < -0.3 is 14.9 Å². The van der Waals surface area contributed by atoms with Gasteiger partial charge in [-0.15, -0.1) is 0 Å². The minimum Gasteiger partial charge on any atom is -0.450 e. The van der Waals surface area contributed by atoms with Crippen LogP contribution in [0.4, 0.5) is 4.79 Å². The van der Waals surface area contributed by atoms with E-state index in [-0.39, 0.29) is 5.30 Å². The lowest BCUT2D eigenvalue weighted by Crippen LogP contribution is -2.24. The molecular formula is C11H18O4S. The quantitative estimate of drug-likeness (QED) is 0.573. The van der Waals surface area contributed by atoms with E-state index in [2.05, 4.69) is 0 Å². The summed E-state index contributed by atoms with van der Waals surface area (Å²) in [5, 5.41) is 18.7. The highest BCUT2D eigenvalue weighted by Gasteiger charge is 2.19. The summed E-state index contributed by atoms with van der Waals surface area (Å²) in [6.07, 6.45) is 3.24. The smallest absolute Gasteiger partial charge is 0.367 e. The molecule has 1 rings (SSSR count). The zero-order valence-corrected chi connectivity index (χ0v) is 10.2. The Morgan fingerprint density at radius 1 is 1.44 bits per heavy atom. The zero-order chi connectivity index (χ0) is 12.0. The first-order chi connectivity index (χ1) is 7.61. The molecule has 4 nitrogen and oxygen atoms in total. The van der Waals surface area contributed by atoms with Crippen molar-refractivity contribution in [3.8, 4) is 0 Å². The van der Waals surface area contributed by atoms with Crippen molar-refractivity contribution >= 4 is 17.1 Å².